The van der Waals surface area contributed by atoms with Gasteiger partial charge >= 0.3 is 0 Å². The monoisotopic (exact) mass is 353 g/mol. The molecule has 2 aliphatic rings. The van der Waals surface area contributed by atoms with E-state index in [2.05, 4.69) is 10.3 Å². The summed E-state index contributed by atoms with van der Waals surface area (Å²) in [6, 6.07) is 9.62. The Morgan fingerprint density at radius 1 is 1.20 bits per heavy atom. The molecule has 1 aromatic heterocycles. The minimum absolute atomic E-state index is 0.123. The Morgan fingerprint density at radius 3 is 2.88 bits per heavy atom. The van der Waals surface area contributed by atoms with E-state index in [-0.39, 0.29) is 5.78 Å². The molecule has 0 atom stereocenters. The Balaban J connectivity index is 1.58. The largest absolute Gasteiger partial charge is 0.492 e. The molecule has 0 saturated heterocycles. The van der Waals surface area contributed by atoms with Crippen LogP contribution in [0.2, 0.25) is 5.02 Å². The smallest absolute Gasteiger partial charge is 0.169 e. The third kappa shape index (κ3) is 2.50. The second-order valence-corrected chi connectivity index (χ2v) is 7.12. The number of fused-ring (bicyclic) bond motifs is 2. The van der Waals surface area contributed by atoms with Gasteiger partial charge in [-0.3, -0.25) is 4.79 Å². The summed E-state index contributed by atoms with van der Waals surface area (Å²) in [5.74, 6) is 1.47. The van der Waals surface area contributed by atoms with Gasteiger partial charge in [0.25, 0.3) is 0 Å². The van der Waals surface area contributed by atoms with Gasteiger partial charge in [-0.05, 0) is 42.5 Å². The summed E-state index contributed by atoms with van der Waals surface area (Å²) in [6.07, 6.45) is 2.96. The van der Waals surface area contributed by atoms with Gasteiger partial charge < -0.3 is 4.74 Å². The molecule has 0 amide bonds. The molecular weight excluding hydrogens is 338 g/mol. The van der Waals surface area contributed by atoms with Crippen molar-refractivity contribution in [2.45, 2.75) is 25.8 Å². The molecule has 0 N–H and O–H groups in total. The standard InChI is InChI=1S/C19H16ClN3O2/c20-18-13(12-3-4-14-16(24)7-8-25-17(14)9-12)5-6-15-19(18)21-22-23(15)10-11-1-2-11/h3-6,9,11H,1-2,7-8,10H2. The summed E-state index contributed by atoms with van der Waals surface area (Å²) < 4.78 is 7.58. The number of halogens is 1. The molecule has 0 radical (unpaired) electrons. The van der Waals surface area contributed by atoms with Crippen LogP contribution in [0.5, 0.6) is 5.75 Å². The first kappa shape index (κ1) is 14.9. The Labute approximate surface area is 149 Å². The fourth-order valence-corrected chi connectivity index (χ4v) is 3.64. The topological polar surface area (TPSA) is 57.0 Å². The number of Topliss-reactive ketones (excluding diaryl/α,β-unsaturated/α-hetero) is 1. The summed E-state index contributed by atoms with van der Waals surface area (Å²) in [5, 5.41) is 9.13. The van der Waals surface area contributed by atoms with Gasteiger partial charge in [0.2, 0.25) is 0 Å². The minimum Gasteiger partial charge on any atom is -0.492 e. The van der Waals surface area contributed by atoms with Crippen LogP contribution in [-0.2, 0) is 6.54 Å². The van der Waals surface area contributed by atoms with Gasteiger partial charge in [0.15, 0.2) is 5.78 Å². The van der Waals surface area contributed by atoms with Crippen LogP contribution in [0.25, 0.3) is 22.2 Å². The summed E-state index contributed by atoms with van der Waals surface area (Å²) >= 11 is 6.63. The average Bonchev–Trinajstić information content (AvgIpc) is 3.34. The third-order valence-electron chi connectivity index (χ3n) is 4.93. The molecule has 1 aliphatic carbocycles. The number of carbonyl (C=O) groups excluding carboxylic acids is 1. The predicted molar refractivity (Wildman–Crippen MR) is 95.1 cm³/mol. The van der Waals surface area contributed by atoms with E-state index in [9.17, 15) is 4.79 Å². The van der Waals surface area contributed by atoms with Crippen molar-refractivity contribution in [1.29, 1.82) is 0 Å². The first-order chi connectivity index (χ1) is 12.2. The minimum atomic E-state index is 0.123. The Bertz CT molecular complexity index is 1010. The number of aromatic nitrogens is 3. The van der Waals surface area contributed by atoms with Crippen LogP contribution < -0.4 is 4.74 Å². The summed E-state index contributed by atoms with van der Waals surface area (Å²) in [6.45, 7) is 1.33. The zero-order valence-corrected chi connectivity index (χ0v) is 14.3. The lowest BCUT2D eigenvalue weighted by molar-refractivity contribution is 0.0933. The molecule has 25 heavy (non-hydrogen) atoms. The van der Waals surface area contributed by atoms with Gasteiger partial charge in [-0.25, -0.2) is 4.68 Å². The molecule has 2 aromatic carbocycles. The van der Waals surface area contributed by atoms with Gasteiger partial charge in [-0.1, -0.05) is 28.9 Å². The first-order valence-electron chi connectivity index (χ1n) is 8.53. The van der Waals surface area contributed by atoms with E-state index in [1.54, 1.807) is 0 Å². The highest BCUT2D eigenvalue weighted by Crippen LogP contribution is 2.37. The maximum absolute atomic E-state index is 11.9. The quantitative estimate of drug-likeness (QED) is 0.710. The van der Waals surface area contributed by atoms with Crippen molar-refractivity contribution in [1.82, 2.24) is 15.0 Å². The fourth-order valence-electron chi connectivity index (χ4n) is 3.34. The first-order valence-corrected chi connectivity index (χ1v) is 8.90. The number of benzene rings is 2. The van der Waals surface area contributed by atoms with Crippen molar-refractivity contribution in [3.8, 4) is 16.9 Å². The highest BCUT2D eigenvalue weighted by Gasteiger charge is 2.24. The molecular formula is C19H16ClN3O2. The molecule has 5 nitrogen and oxygen atoms in total. The lowest BCUT2D eigenvalue weighted by Crippen LogP contribution is -2.15. The number of hydrogen-bond acceptors (Lipinski definition) is 4. The van der Waals surface area contributed by atoms with Crippen molar-refractivity contribution < 1.29 is 9.53 Å². The summed E-state index contributed by atoms with van der Waals surface area (Å²) in [7, 11) is 0. The second kappa shape index (κ2) is 5.56. The lowest BCUT2D eigenvalue weighted by atomic mass is 9.98. The van der Waals surface area contributed by atoms with Crippen LogP contribution in [-0.4, -0.2) is 27.4 Å². The SMILES string of the molecule is O=C1CCOc2cc(-c3ccc4c(nnn4CC4CC4)c3Cl)ccc21. The fraction of sp³-hybridized carbons (Fsp3) is 0.316. The molecule has 0 bridgehead atoms. The highest BCUT2D eigenvalue weighted by molar-refractivity contribution is 6.37. The number of nitrogens with zero attached hydrogens (tertiary/aromatic N) is 3. The lowest BCUT2D eigenvalue weighted by Gasteiger charge is -2.17. The van der Waals surface area contributed by atoms with E-state index in [1.165, 1.54) is 12.8 Å². The van der Waals surface area contributed by atoms with E-state index in [4.69, 9.17) is 16.3 Å². The zero-order valence-electron chi connectivity index (χ0n) is 13.5. The summed E-state index contributed by atoms with van der Waals surface area (Å²) in [5.41, 5.74) is 4.11. The predicted octanol–water partition coefficient (Wildman–Crippen LogP) is 4.13. The molecule has 0 spiro atoms. The van der Waals surface area contributed by atoms with Crippen LogP contribution in [0.3, 0.4) is 0 Å². The van der Waals surface area contributed by atoms with Crippen LogP contribution in [0.15, 0.2) is 30.3 Å². The van der Waals surface area contributed by atoms with Crippen molar-refractivity contribution in [3.05, 3.63) is 40.9 Å². The normalized spacial score (nSPS) is 16.8. The van der Waals surface area contributed by atoms with Crippen LogP contribution in [0.1, 0.15) is 29.6 Å². The van der Waals surface area contributed by atoms with Crippen molar-refractivity contribution >= 4 is 28.4 Å². The van der Waals surface area contributed by atoms with E-state index >= 15 is 0 Å². The van der Waals surface area contributed by atoms with Crippen molar-refractivity contribution in [3.63, 3.8) is 0 Å². The third-order valence-corrected chi connectivity index (χ3v) is 5.32. The number of carbonyl (C=O) groups is 1. The molecule has 126 valence electrons. The van der Waals surface area contributed by atoms with Crippen molar-refractivity contribution in [2.75, 3.05) is 6.61 Å². The molecule has 1 fully saturated rings. The second-order valence-electron chi connectivity index (χ2n) is 6.74. The van der Waals surface area contributed by atoms with Crippen LogP contribution in [0.4, 0.5) is 0 Å². The van der Waals surface area contributed by atoms with E-state index in [0.29, 0.717) is 29.4 Å². The van der Waals surface area contributed by atoms with Gasteiger partial charge in [0.05, 0.1) is 22.7 Å². The van der Waals surface area contributed by atoms with Gasteiger partial charge in [-0.2, -0.15) is 0 Å². The molecule has 2 heterocycles. The van der Waals surface area contributed by atoms with Gasteiger partial charge in [0.1, 0.15) is 11.3 Å². The van der Waals surface area contributed by atoms with E-state index in [1.807, 2.05) is 35.0 Å². The number of hydrogen-bond donors (Lipinski definition) is 0. The molecule has 3 aromatic rings. The Hall–Kier alpha value is -2.40. The number of ketones is 1. The van der Waals surface area contributed by atoms with Crippen LogP contribution >= 0.6 is 11.6 Å². The van der Waals surface area contributed by atoms with E-state index in [0.717, 1.165) is 34.6 Å². The average molecular weight is 354 g/mol. The Morgan fingerprint density at radius 2 is 2.04 bits per heavy atom. The van der Waals surface area contributed by atoms with Crippen molar-refractivity contribution in [2.24, 2.45) is 5.92 Å². The van der Waals surface area contributed by atoms with Gasteiger partial charge in [0, 0.05) is 18.5 Å². The van der Waals surface area contributed by atoms with Gasteiger partial charge in [-0.15, -0.1) is 5.10 Å². The molecule has 1 saturated carbocycles. The molecule has 0 unspecified atom stereocenters. The summed E-state index contributed by atoms with van der Waals surface area (Å²) in [4.78, 5) is 11.9. The number of ether oxygens (including phenoxy) is 1. The number of rotatable bonds is 3. The maximum atomic E-state index is 11.9. The highest BCUT2D eigenvalue weighted by atomic mass is 35.5. The molecule has 1 aliphatic heterocycles. The van der Waals surface area contributed by atoms with Crippen LogP contribution in [0, 0.1) is 5.92 Å². The maximum Gasteiger partial charge on any atom is 0.169 e. The molecule has 6 heteroatoms. The zero-order chi connectivity index (χ0) is 17.0. The molecule has 5 rings (SSSR count). The Kier molecular flexibility index (Phi) is 3.31. The van der Waals surface area contributed by atoms with E-state index < -0.39 is 0 Å².